The van der Waals surface area contributed by atoms with Crippen LogP contribution >= 0.6 is 15.9 Å². The van der Waals surface area contributed by atoms with Crippen LogP contribution in [0.2, 0.25) is 0 Å². The first-order chi connectivity index (χ1) is 15.2. The number of esters is 1. The maximum absolute atomic E-state index is 13.1. The van der Waals surface area contributed by atoms with Crippen LogP contribution in [0.1, 0.15) is 15.9 Å². The zero-order valence-corrected chi connectivity index (χ0v) is 19.3. The number of anilines is 1. The molecule has 0 amide bonds. The lowest BCUT2D eigenvalue weighted by atomic mass is 10.0. The maximum Gasteiger partial charge on any atom is 0.338 e. The van der Waals surface area contributed by atoms with Gasteiger partial charge in [0.25, 0.3) is 10.0 Å². The normalized spacial score (nSPS) is 14.5. The van der Waals surface area contributed by atoms with Crippen LogP contribution in [-0.2, 0) is 21.4 Å². The van der Waals surface area contributed by atoms with E-state index in [9.17, 15) is 18.3 Å². The van der Waals surface area contributed by atoms with Gasteiger partial charge in [-0.15, -0.1) is 0 Å². The number of pyridine rings is 1. The number of aromatic nitrogens is 1. The molecular formula is C21H17BrN2O7S. The van der Waals surface area contributed by atoms with Gasteiger partial charge in [-0.1, -0.05) is 6.07 Å². The Morgan fingerprint density at radius 3 is 2.62 bits per heavy atom. The van der Waals surface area contributed by atoms with Gasteiger partial charge in [0.05, 0.1) is 29.9 Å². The van der Waals surface area contributed by atoms with E-state index in [0.717, 1.165) is 6.07 Å². The van der Waals surface area contributed by atoms with Gasteiger partial charge in [-0.05, 0) is 45.8 Å². The zero-order chi connectivity index (χ0) is 23.0. The topological polar surface area (TPSA) is 124 Å². The van der Waals surface area contributed by atoms with E-state index in [1.54, 1.807) is 30.5 Å². The molecule has 32 heavy (non-hydrogen) atoms. The molecule has 0 fully saturated rings. The van der Waals surface area contributed by atoms with E-state index in [4.69, 9.17) is 14.2 Å². The van der Waals surface area contributed by atoms with Crippen LogP contribution in [0.5, 0.6) is 17.4 Å². The average molecular weight is 521 g/mol. The van der Waals surface area contributed by atoms with E-state index >= 15 is 0 Å². The minimum Gasteiger partial charge on any atom is -0.505 e. The molecule has 2 aromatic carbocycles. The van der Waals surface area contributed by atoms with Crippen LogP contribution in [-0.4, -0.2) is 38.7 Å². The molecule has 4 bridgehead atoms. The summed E-state index contributed by atoms with van der Waals surface area (Å²) in [5.74, 6) is -0.728. The SMILES string of the molecule is COc1cc2c(cn1)-c1ccc(OC)c(c1)NS(=O)(=O)c1cc(cc(Br)c1O)C(=O)OC2. The molecule has 0 saturated carbocycles. The van der Waals surface area contributed by atoms with Crippen molar-refractivity contribution in [3.63, 3.8) is 0 Å². The molecule has 11 heteroatoms. The summed E-state index contributed by atoms with van der Waals surface area (Å²) in [6.07, 6.45) is 1.55. The van der Waals surface area contributed by atoms with Crippen molar-refractivity contribution >= 4 is 37.6 Å². The number of fused-ring (bicyclic) bond motifs is 6. The van der Waals surface area contributed by atoms with E-state index in [1.807, 2.05) is 0 Å². The summed E-state index contributed by atoms with van der Waals surface area (Å²) in [6.45, 7) is -0.123. The molecule has 2 N–H and O–H groups in total. The molecule has 1 aliphatic heterocycles. The molecule has 0 unspecified atom stereocenters. The second-order valence-corrected chi connectivity index (χ2v) is 9.29. The lowest BCUT2D eigenvalue weighted by molar-refractivity contribution is 0.0472. The fraction of sp³-hybridized carbons (Fsp3) is 0.143. The van der Waals surface area contributed by atoms with Gasteiger partial charge in [0.1, 0.15) is 23.0 Å². The summed E-state index contributed by atoms with van der Waals surface area (Å²) in [4.78, 5) is 16.4. The number of ether oxygens (including phenoxy) is 3. The number of carbonyl (C=O) groups is 1. The third kappa shape index (κ3) is 3.96. The lowest BCUT2D eigenvalue weighted by Gasteiger charge is -2.15. The molecule has 0 saturated heterocycles. The number of rotatable bonds is 2. The van der Waals surface area contributed by atoms with E-state index in [-0.39, 0.29) is 28.1 Å². The van der Waals surface area contributed by atoms with Crippen LogP contribution in [0.3, 0.4) is 0 Å². The van der Waals surface area contributed by atoms with Gasteiger partial charge < -0.3 is 19.3 Å². The number of hydrogen-bond acceptors (Lipinski definition) is 8. The van der Waals surface area contributed by atoms with Crippen molar-refractivity contribution in [2.75, 3.05) is 18.9 Å². The van der Waals surface area contributed by atoms with Crippen molar-refractivity contribution in [2.45, 2.75) is 11.5 Å². The average Bonchev–Trinajstić information content (AvgIpc) is 2.78. The van der Waals surface area contributed by atoms with Gasteiger partial charge in [-0.2, -0.15) is 0 Å². The maximum atomic E-state index is 13.1. The Labute approximate surface area is 192 Å². The number of methoxy groups -OCH3 is 2. The Balaban J connectivity index is 1.99. The van der Waals surface area contributed by atoms with E-state index in [0.29, 0.717) is 22.6 Å². The Hall–Kier alpha value is -3.31. The van der Waals surface area contributed by atoms with Crippen LogP contribution in [0.25, 0.3) is 11.1 Å². The molecule has 2 heterocycles. The van der Waals surface area contributed by atoms with Crippen molar-refractivity contribution in [1.29, 1.82) is 0 Å². The van der Waals surface area contributed by atoms with Crippen molar-refractivity contribution in [2.24, 2.45) is 0 Å². The highest BCUT2D eigenvalue weighted by atomic mass is 79.9. The number of hydrogen-bond donors (Lipinski definition) is 2. The van der Waals surface area contributed by atoms with Crippen molar-refractivity contribution < 1.29 is 32.5 Å². The molecule has 166 valence electrons. The summed E-state index contributed by atoms with van der Waals surface area (Å²) in [5.41, 5.74) is 1.88. The number of nitrogens with one attached hydrogen (secondary N) is 1. The molecule has 1 aliphatic rings. The number of phenolic OH excluding ortho intramolecular Hbond substituents is 1. The largest absolute Gasteiger partial charge is 0.505 e. The number of carbonyl (C=O) groups excluding carboxylic acids is 1. The Morgan fingerprint density at radius 2 is 1.91 bits per heavy atom. The lowest BCUT2D eigenvalue weighted by Crippen LogP contribution is -2.15. The monoisotopic (exact) mass is 520 g/mol. The minimum atomic E-state index is -4.31. The highest BCUT2D eigenvalue weighted by molar-refractivity contribution is 9.10. The highest BCUT2D eigenvalue weighted by Gasteiger charge is 2.26. The van der Waals surface area contributed by atoms with Crippen molar-refractivity contribution in [3.05, 3.63) is 58.2 Å². The first kappa shape index (κ1) is 21.9. The smallest absolute Gasteiger partial charge is 0.338 e. The fourth-order valence-corrected chi connectivity index (χ4v) is 5.04. The number of sulfonamides is 1. The Bertz CT molecular complexity index is 1340. The fourth-order valence-electron chi connectivity index (χ4n) is 3.24. The van der Waals surface area contributed by atoms with Crippen molar-refractivity contribution in [1.82, 2.24) is 4.98 Å². The standard InChI is InChI=1S/C21H17BrN2O7S/c1-29-17-4-3-11-6-16(17)24-32(27,28)18-7-12(5-15(22)20(18)25)21(26)31-10-13-8-19(30-2)23-9-14(11)13/h3-9,24-25H,10H2,1-2H3. The predicted molar refractivity (Wildman–Crippen MR) is 119 cm³/mol. The predicted octanol–water partition coefficient (Wildman–Crippen LogP) is 3.71. The second-order valence-electron chi connectivity index (χ2n) is 6.79. The highest BCUT2D eigenvalue weighted by Crippen LogP contribution is 2.38. The number of nitrogens with zero attached hydrogens (tertiary/aromatic N) is 1. The summed E-state index contributed by atoms with van der Waals surface area (Å²) < 4.78 is 44.6. The summed E-state index contributed by atoms with van der Waals surface area (Å²) in [6, 6.07) is 8.85. The molecule has 1 aromatic heterocycles. The molecule has 4 rings (SSSR count). The Morgan fingerprint density at radius 1 is 1.12 bits per heavy atom. The minimum absolute atomic E-state index is 0.0224. The van der Waals surface area contributed by atoms with Gasteiger partial charge in [0.2, 0.25) is 5.88 Å². The molecule has 0 atom stereocenters. The third-order valence-corrected chi connectivity index (χ3v) is 6.82. The summed E-state index contributed by atoms with van der Waals surface area (Å²) in [7, 11) is -1.44. The van der Waals surface area contributed by atoms with E-state index < -0.39 is 26.6 Å². The quantitative estimate of drug-likeness (QED) is 0.490. The van der Waals surface area contributed by atoms with Gasteiger partial charge in [0.15, 0.2) is 0 Å². The summed E-state index contributed by atoms with van der Waals surface area (Å²) >= 11 is 3.09. The number of cyclic esters (lactones) is 1. The number of aromatic hydroxyl groups is 1. The van der Waals surface area contributed by atoms with E-state index in [1.165, 1.54) is 20.3 Å². The van der Waals surface area contributed by atoms with Gasteiger partial charge in [0, 0.05) is 23.4 Å². The zero-order valence-electron chi connectivity index (χ0n) is 16.9. The van der Waals surface area contributed by atoms with Gasteiger partial charge in [-0.25, -0.2) is 18.2 Å². The third-order valence-electron chi connectivity index (χ3n) is 4.84. The molecule has 9 nitrogen and oxygen atoms in total. The van der Waals surface area contributed by atoms with E-state index in [2.05, 4.69) is 25.6 Å². The summed E-state index contributed by atoms with van der Waals surface area (Å²) in [5, 5.41) is 10.4. The molecule has 0 radical (unpaired) electrons. The molecule has 0 spiro atoms. The Kier molecular flexibility index (Phi) is 5.70. The number of benzene rings is 2. The molecular weight excluding hydrogens is 504 g/mol. The second kappa shape index (κ2) is 8.32. The van der Waals surface area contributed by atoms with Crippen LogP contribution < -0.4 is 14.2 Å². The van der Waals surface area contributed by atoms with Crippen LogP contribution in [0.4, 0.5) is 5.69 Å². The molecule has 3 aromatic rings. The van der Waals surface area contributed by atoms with Crippen LogP contribution in [0, 0.1) is 0 Å². The molecule has 0 aliphatic carbocycles. The number of phenols is 1. The first-order valence-electron chi connectivity index (χ1n) is 9.17. The van der Waals surface area contributed by atoms with Crippen molar-refractivity contribution in [3.8, 4) is 28.5 Å². The van der Waals surface area contributed by atoms with Gasteiger partial charge in [-0.3, -0.25) is 4.72 Å². The number of halogens is 1. The van der Waals surface area contributed by atoms with Crippen LogP contribution in [0.15, 0.2) is 52.0 Å². The van der Waals surface area contributed by atoms with Gasteiger partial charge >= 0.3 is 5.97 Å². The first-order valence-corrected chi connectivity index (χ1v) is 11.4.